The van der Waals surface area contributed by atoms with E-state index < -0.39 is 22.5 Å². The molecule has 28 heavy (non-hydrogen) atoms. The predicted octanol–water partition coefficient (Wildman–Crippen LogP) is 1.59. The summed E-state index contributed by atoms with van der Waals surface area (Å²) in [6.45, 7) is 0. The second-order valence-electron chi connectivity index (χ2n) is 5.59. The van der Waals surface area contributed by atoms with Crippen LogP contribution in [0.5, 0.6) is 0 Å². The number of hydrazine groups is 1. The molecule has 0 aliphatic carbocycles. The number of methoxy groups -OCH3 is 2. The van der Waals surface area contributed by atoms with Crippen LogP contribution in [0.1, 0.15) is 20.7 Å². The van der Waals surface area contributed by atoms with Crippen molar-refractivity contribution in [3.63, 3.8) is 0 Å². The van der Waals surface area contributed by atoms with Gasteiger partial charge in [-0.15, -0.1) is 0 Å². The highest BCUT2D eigenvalue weighted by Gasteiger charge is 2.24. The molecule has 0 fully saturated rings. The quantitative estimate of drug-likeness (QED) is 0.403. The minimum absolute atomic E-state index is 0.0372. The largest absolute Gasteiger partial charge is 0.465 e. The molecular weight excluding hydrogens is 372 g/mol. The summed E-state index contributed by atoms with van der Waals surface area (Å²) in [4.78, 5) is 42.4. The first-order chi connectivity index (χ1) is 13.3. The van der Waals surface area contributed by atoms with Crippen molar-refractivity contribution < 1.29 is 24.0 Å². The van der Waals surface area contributed by atoms with Crippen LogP contribution in [0.15, 0.2) is 24.5 Å². The zero-order valence-corrected chi connectivity index (χ0v) is 15.5. The molecule has 2 N–H and O–H groups in total. The van der Waals surface area contributed by atoms with Crippen LogP contribution in [0.4, 0.5) is 23.0 Å². The van der Waals surface area contributed by atoms with E-state index in [-0.39, 0.29) is 28.5 Å². The highest BCUT2D eigenvalue weighted by atomic mass is 16.6. The fourth-order valence-electron chi connectivity index (χ4n) is 2.24. The lowest BCUT2D eigenvalue weighted by Gasteiger charge is -2.14. The molecule has 148 valence electrons. The van der Waals surface area contributed by atoms with Crippen LogP contribution in [0.3, 0.4) is 0 Å². The van der Waals surface area contributed by atoms with Crippen LogP contribution < -0.4 is 10.7 Å². The second kappa shape index (κ2) is 8.73. The van der Waals surface area contributed by atoms with Crippen LogP contribution in [0.2, 0.25) is 0 Å². The Labute approximate surface area is 159 Å². The lowest BCUT2D eigenvalue weighted by atomic mass is 10.1. The number of ether oxygens (including phenoxy) is 2. The summed E-state index contributed by atoms with van der Waals surface area (Å²) in [5.74, 6) is -1.56. The fraction of sp³-hybridized carbons (Fsp3) is 0.250. The fourth-order valence-corrected chi connectivity index (χ4v) is 2.24. The lowest BCUT2D eigenvalue weighted by Crippen LogP contribution is -2.21. The van der Waals surface area contributed by atoms with Crippen molar-refractivity contribution in [3.05, 3.63) is 45.8 Å². The van der Waals surface area contributed by atoms with Gasteiger partial charge in [0.15, 0.2) is 0 Å². The molecule has 0 unspecified atom stereocenters. The van der Waals surface area contributed by atoms with Crippen LogP contribution in [-0.4, -0.2) is 60.2 Å². The lowest BCUT2D eigenvalue weighted by molar-refractivity contribution is -0.383. The van der Waals surface area contributed by atoms with Crippen molar-refractivity contribution in [1.29, 1.82) is 0 Å². The standard InChI is InChI=1S/C16H18N6O6/c1-21(2)20-14-12(22(25)26)13(17-8-18-14)19-11-6-9(15(23)27-3)5-10(7-11)16(24)28-4/h5-8H,1-4H3,(H2,17,18,19,20). The van der Waals surface area contributed by atoms with Crippen molar-refractivity contribution in [2.24, 2.45) is 0 Å². The summed E-state index contributed by atoms with van der Waals surface area (Å²) in [5.41, 5.74) is 2.59. The maximum atomic E-state index is 11.9. The third-order valence-corrected chi connectivity index (χ3v) is 3.37. The van der Waals surface area contributed by atoms with Crippen molar-refractivity contribution in [1.82, 2.24) is 15.0 Å². The topological polar surface area (TPSA) is 149 Å². The van der Waals surface area contributed by atoms with Gasteiger partial charge in [0.1, 0.15) is 6.33 Å². The van der Waals surface area contributed by atoms with E-state index in [0.29, 0.717) is 0 Å². The van der Waals surface area contributed by atoms with Crippen LogP contribution >= 0.6 is 0 Å². The van der Waals surface area contributed by atoms with Gasteiger partial charge >= 0.3 is 17.6 Å². The zero-order valence-electron chi connectivity index (χ0n) is 15.5. The normalized spacial score (nSPS) is 10.3. The SMILES string of the molecule is COC(=O)c1cc(Nc2ncnc(NN(C)C)c2[N+](=O)[O-])cc(C(=O)OC)c1. The maximum absolute atomic E-state index is 11.9. The number of nitrogens with one attached hydrogen (secondary N) is 2. The molecule has 0 aliphatic heterocycles. The Bertz CT molecular complexity index is 882. The Morgan fingerprint density at radius 2 is 1.57 bits per heavy atom. The number of hydrogen-bond donors (Lipinski definition) is 2. The third-order valence-electron chi connectivity index (χ3n) is 3.37. The summed E-state index contributed by atoms with van der Waals surface area (Å²) < 4.78 is 9.33. The van der Waals surface area contributed by atoms with Crippen molar-refractivity contribution >= 4 is 34.9 Å². The number of rotatable bonds is 7. The molecule has 0 saturated carbocycles. The minimum Gasteiger partial charge on any atom is -0.465 e. The number of aromatic nitrogens is 2. The molecule has 2 aromatic rings. The molecule has 0 amide bonds. The van der Waals surface area contributed by atoms with E-state index in [9.17, 15) is 19.7 Å². The molecule has 0 aliphatic rings. The molecule has 0 bridgehead atoms. The van der Waals surface area contributed by atoms with Crippen molar-refractivity contribution in [2.75, 3.05) is 39.1 Å². The van der Waals surface area contributed by atoms with Crippen molar-refractivity contribution in [3.8, 4) is 0 Å². The number of hydrogen-bond acceptors (Lipinski definition) is 11. The molecule has 1 heterocycles. The number of nitro groups is 1. The Kier molecular flexibility index (Phi) is 6.39. The highest BCUT2D eigenvalue weighted by Crippen LogP contribution is 2.31. The van der Waals surface area contributed by atoms with Gasteiger partial charge in [-0.3, -0.25) is 15.5 Å². The Balaban J connectivity index is 2.54. The molecule has 0 radical (unpaired) electrons. The minimum atomic E-state index is -0.694. The van der Waals surface area contributed by atoms with E-state index in [1.54, 1.807) is 14.1 Å². The number of anilines is 3. The van der Waals surface area contributed by atoms with Gasteiger partial charge in [0, 0.05) is 19.8 Å². The first-order valence-electron chi connectivity index (χ1n) is 7.79. The molecule has 1 aromatic heterocycles. The molecule has 0 saturated heterocycles. The van der Waals surface area contributed by atoms with Gasteiger partial charge in [-0.25, -0.2) is 24.6 Å². The van der Waals surface area contributed by atoms with E-state index in [1.807, 2.05) is 0 Å². The summed E-state index contributed by atoms with van der Waals surface area (Å²) in [5, 5.41) is 15.8. The van der Waals surface area contributed by atoms with E-state index in [4.69, 9.17) is 0 Å². The average Bonchev–Trinajstić information content (AvgIpc) is 2.65. The number of carbonyl (C=O) groups is 2. The number of esters is 2. The van der Waals surface area contributed by atoms with E-state index in [1.165, 1.54) is 37.4 Å². The third kappa shape index (κ3) is 4.67. The van der Waals surface area contributed by atoms with E-state index >= 15 is 0 Å². The summed E-state index contributed by atoms with van der Waals surface area (Å²) in [6, 6.07) is 4.02. The van der Waals surface area contributed by atoms with Crippen LogP contribution in [0.25, 0.3) is 0 Å². The monoisotopic (exact) mass is 390 g/mol. The van der Waals surface area contributed by atoms with E-state index in [0.717, 1.165) is 6.33 Å². The van der Waals surface area contributed by atoms with E-state index in [2.05, 4.69) is 30.2 Å². The smallest absolute Gasteiger partial charge is 0.354 e. The van der Waals surface area contributed by atoms with Crippen LogP contribution in [-0.2, 0) is 9.47 Å². The van der Waals surface area contributed by atoms with Gasteiger partial charge in [-0.05, 0) is 18.2 Å². The molecular formula is C16H18N6O6. The molecule has 0 atom stereocenters. The maximum Gasteiger partial charge on any atom is 0.354 e. The second-order valence-corrected chi connectivity index (χ2v) is 5.59. The summed E-state index contributed by atoms with van der Waals surface area (Å²) >= 11 is 0. The summed E-state index contributed by atoms with van der Waals surface area (Å²) in [7, 11) is 5.66. The number of carbonyl (C=O) groups excluding carboxylic acids is 2. The van der Waals surface area contributed by atoms with Gasteiger partial charge in [0.2, 0.25) is 11.6 Å². The van der Waals surface area contributed by atoms with Gasteiger partial charge in [-0.2, -0.15) is 0 Å². The average molecular weight is 390 g/mol. The highest BCUT2D eigenvalue weighted by molar-refractivity contribution is 5.97. The predicted molar refractivity (Wildman–Crippen MR) is 98.4 cm³/mol. The Morgan fingerprint density at radius 3 is 2.04 bits per heavy atom. The Morgan fingerprint density at radius 1 is 1.04 bits per heavy atom. The zero-order chi connectivity index (χ0) is 20.8. The van der Waals surface area contributed by atoms with Crippen molar-refractivity contribution in [2.45, 2.75) is 0 Å². The number of benzene rings is 1. The van der Waals surface area contributed by atoms with Crippen LogP contribution in [0, 0.1) is 10.1 Å². The first kappa shape index (κ1) is 20.5. The van der Waals surface area contributed by atoms with Gasteiger partial charge < -0.3 is 14.8 Å². The molecule has 2 rings (SSSR count). The first-order valence-corrected chi connectivity index (χ1v) is 7.79. The summed E-state index contributed by atoms with van der Waals surface area (Å²) in [6.07, 6.45) is 1.13. The van der Waals surface area contributed by atoms with Gasteiger partial charge in [0.25, 0.3) is 0 Å². The molecule has 1 aromatic carbocycles. The molecule has 0 spiro atoms. The van der Waals surface area contributed by atoms with Gasteiger partial charge in [0.05, 0.1) is 30.3 Å². The Hall–Kier alpha value is -3.80. The van der Waals surface area contributed by atoms with Gasteiger partial charge in [-0.1, -0.05) is 0 Å². The molecule has 12 nitrogen and oxygen atoms in total. The number of nitrogens with zero attached hydrogens (tertiary/aromatic N) is 4. The molecule has 12 heteroatoms.